The summed E-state index contributed by atoms with van der Waals surface area (Å²) in [5.74, 6) is 0.860. The zero-order valence-corrected chi connectivity index (χ0v) is 11.0. The minimum Gasteiger partial charge on any atom is -0.310 e. The van der Waals surface area contributed by atoms with E-state index < -0.39 is 0 Å². The van der Waals surface area contributed by atoms with Crippen molar-refractivity contribution < 1.29 is 0 Å². The van der Waals surface area contributed by atoms with Crippen molar-refractivity contribution >= 4 is 0 Å². The number of rotatable bonds is 4. The summed E-state index contributed by atoms with van der Waals surface area (Å²) in [6, 6.07) is 3.22. The lowest BCUT2D eigenvalue weighted by molar-refractivity contribution is 0.313. The van der Waals surface area contributed by atoms with E-state index >= 15 is 0 Å². The highest BCUT2D eigenvalue weighted by Gasteiger charge is 2.22. The number of hydrogen-bond acceptors (Lipinski definition) is 4. The Morgan fingerprint density at radius 1 is 1.53 bits per heavy atom. The third-order valence-corrected chi connectivity index (χ3v) is 3.06. The van der Waals surface area contributed by atoms with Crippen LogP contribution in [0.15, 0.2) is 12.3 Å². The van der Waals surface area contributed by atoms with Gasteiger partial charge in [0.15, 0.2) is 0 Å². The molecule has 1 unspecified atom stereocenters. The lowest BCUT2D eigenvalue weighted by Gasteiger charge is -2.18. The molecule has 4 heteroatoms. The van der Waals surface area contributed by atoms with Gasteiger partial charge in [0.2, 0.25) is 0 Å². The molecule has 4 nitrogen and oxygen atoms in total. The Hall–Kier alpha value is -1.00. The van der Waals surface area contributed by atoms with Crippen LogP contribution in [0.2, 0.25) is 0 Å². The summed E-state index contributed by atoms with van der Waals surface area (Å²) in [5, 5.41) is 3.59. The summed E-state index contributed by atoms with van der Waals surface area (Å²) in [6.45, 7) is 9.58. The molecule has 0 spiro atoms. The van der Waals surface area contributed by atoms with Gasteiger partial charge in [0.25, 0.3) is 0 Å². The van der Waals surface area contributed by atoms with Gasteiger partial charge in [0.1, 0.15) is 5.82 Å². The maximum absolute atomic E-state index is 4.45. The van der Waals surface area contributed by atoms with Gasteiger partial charge in [-0.05, 0) is 19.4 Å². The maximum Gasteiger partial charge on any atom is 0.125 e. The Labute approximate surface area is 103 Å². The molecular weight excluding hydrogens is 212 g/mol. The van der Waals surface area contributed by atoms with Crippen LogP contribution in [0, 0.1) is 6.92 Å². The van der Waals surface area contributed by atoms with Gasteiger partial charge in [-0.25, -0.2) is 9.97 Å². The lowest BCUT2D eigenvalue weighted by Crippen LogP contribution is -2.36. The van der Waals surface area contributed by atoms with E-state index in [2.05, 4.69) is 34.0 Å². The predicted molar refractivity (Wildman–Crippen MR) is 68.7 cm³/mol. The Bertz CT molecular complexity index is 364. The van der Waals surface area contributed by atoms with Crippen LogP contribution in [-0.4, -0.2) is 40.0 Å². The minimum absolute atomic E-state index is 0.571. The topological polar surface area (TPSA) is 41.1 Å². The summed E-state index contributed by atoms with van der Waals surface area (Å²) in [4.78, 5) is 11.0. The number of nitrogens with zero attached hydrogens (tertiary/aromatic N) is 3. The molecule has 0 bridgehead atoms. The molecule has 0 saturated carbocycles. The standard InChI is InChI=1S/C13H22N4/c1-10(2)15-13-5-7-17(9-13)8-12-4-6-14-11(3)16-12/h4,6,10,13,15H,5,7-9H2,1-3H3. The van der Waals surface area contributed by atoms with Crippen molar-refractivity contribution in [2.24, 2.45) is 0 Å². The van der Waals surface area contributed by atoms with Gasteiger partial charge < -0.3 is 5.32 Å². The first-order chi connectivity index (χ1) is 8.13. The van der Waals surface area contributed by atoms with Crippen LogP contribution in [0.25, 0.3) is 0 Å². The van der Waals surface area contributed by atoms with Gasteiger partial charge in [0, 0.05) is 37.9 Å². The largest absolute Gasteiger partial charge is 0.310 e. The summed E-state index contributed by atoms with van der Waals surface area (Å²) in [7, 11) is 0. The predicted octanol–water partition coefficient (Wildman–Crippen LogP) is 1.36. The van der Waals surface area contributed by atoms with Crippen LogP contribution >= 0.6 is 0 Å². The summed E-state index contributed by atoms with van der Waals surface area (Å²) < 4.78 is 0. The summed E-state index contributed by atoms with van der Waals surface area (Å²) in [6.07, 6.45) is 3.08. The fraction of sp³-hybridized carbons (Fsp3) is 0.692. The van der Waals surface area contributed by atoms with Crippen molar-refractivity contribution in [3.63, 3.8) is 0 Å². The second kappa shape index (κ2) is 5.56. The molecule has 1 aromatic rings. The van der Waals surface area contributed by atoms with Crippen molar-refractivity contribution in [1.82, 2.24) is 20.2 Å². The van der Waals surface area contributed by atoms with Crippen LogP contribution in [0.1, 0.15) is 31.8 Å². The maximum atomic E-state index is 4.45. The fourth-order valence-corrected chi connectivity index (χ4v) is 2.41. The number of aryl methyl sites for hydroxylation is 1. The first kappa shape index (κ1) is 12.5. The molecule has 1 N–H and O–H groups in total. The van der Waals surface area contributed by atoms with E-state index in [4.69, 9.17) is 0 Å². The third kappa shape index (κ3) is 3.75. The SMILES string of the molecule is Cc1nccc(CN2CCC(NC(C)C)C2)n1. The Balaban J connectivity index is 1.85. The van der Waals surface area contributed by atoms with Crippen LogP contribution in [0.3, 0.4) is 0 Å². The molecule has 1 aliphatic rings. The molecule has 2 heterocycles. The molecule has 0 aromatic carbocycles. The average Bonchev–Trinajstić information content (AvgIpc) is 2.64. The van der Waals surface area contributed by atoms with Crippen LogP contribution in [0.4, 0.5) is 0 Å². The molecule has 17 heavy (non-hydrogen) atoms. The van der Waals surface area contributed by atoms with Gasteiger partial charge in [-0.15, -0.1) is 0 Å². The molecule has 94 valence electrons. The monoisotopic (exact) mass is 234 g/mol. The normalized spacial score (nSPS) is 21.3. The molecule has 1 atom stereocenters. The molecule has 1 saturated heterocycles. The number of likely N-dealkylation sites (tertiary alicyclic amines) is 1. The van der Waals surface area contributed by atoms with E-state index in [-0.39, 0.29) is 0 Å². The van der Waals surface area contributed by atoms with E-state index in [0.29, 0.717) is 12.1 Å². The fourth-order valence-electron chi connectivity index (χ4n) is 2.41. The molecule has 0 amide bonds. The number of nitrogens with one attached hydrogen (secondary N) is 1. The van der Waals surface area contributed by atoms with E-state index in [0.717, 1.165) is 31.2 Å². The smallest absolute Gasteiger partial charge is 0.125 e. The highest BCUT2D eigenvalue weighted by atomic mass is 15.2. The Kier molecular flexibility index (Phi) is 4.07. The Morgan fingerprint density at radius 3 is 3.06 bits per heavy atom. The van der Waals surface area contributed by atoms with Crippen LogP contribution in [-0.2, 0) is 6.54 Å². The first-order valence-corrected chi connectivity index (χ1v) is 6.40. The minimum atomic E-state index is 0.571. The van der Waals surface area contributed by atoms with E-state index in [1.165, 1.54) is 6.42 Å². The van der Waals surface area contributed by atoms with E-state index in [1.807, 2.05) is 19.2 Å². The summed E-state index contributed by atoms with van der Waals surface area (Å²) in [5.41, 5.74) is 1.13. The molecule has 1 aliphatic heterocycles. The highest BCUT2D eigenvalue weighted by molar-refractivity contribution is 5.02. The second-order valence-electron chi connectivity index (χ2n) is 5.14. The molecule has 2 rings (SSSR count). The number of hydrogen-bond donors (Lipinski definition) is 1. The highest BCUT2D eigenvalue weighted by Crippen LogP contribution is 2.12. The Morgan fingerprint density at radius 2 is 2.35 bits per heavy atom. The van der Waals surface area contributed by atoms with Crippen molar-refractivity contribution in [3.8, 4) is 0 Å². The van der Waals surface area contributed by atoms with Gasteiger partial charge >= 0.3 is 0 Å². The van der Waals surface area contributed by atoms with Crippen molar-refractivity contribution in [1.29, 1.82) is 0 Å². The zero-order chi connectivity index (χ0) is 12.3. The second-order valence-corrected chi connectivity index (χ2v) is 5.14. The molecule has 1 fully saturated rings. The van der Waals surface area contributed by atoms with Crippen molar-refractivity contribution in [3.05, 3.63) is 23.8 Å². The first-order valence-electron chi connectivity index (χ1n) is 6.40. The quantitative estimate of drug-likeness (QED) is 0.854. The third-order valence-electron chi connectivity index (χ3n) is 3.06. The van der Waals surface area contributed by atoms with E-state index in [1.54, 1.807) is 0 Å². The van der Waals surface area contributed by atoms with Crippen LogP contribution in [0.5, 0.6) is 0 Å². The van der Waals surface area contributed by atoms with Gasteiger partial charge in [-0.3, -0.25) is 4.90 Å². The molecule has 0 aliphatic carbocycles. The van der Waals surface area contributed by atoms with Gasteiger partial charge in [-0.1, -0.05) is 13.8 Å². The average molecular weight is 234 g/mol. The van der Waals surface area contributed by atoms with Crippen LogP contribution < -0.4 is 5.32 Å². The van der Waals surface area contributed by atoms with Gasteiger partial charge in [0.05, 0.1) is 5.69 Å². The van der Waals surface area contributed by atoms with Gasteiger partial charge in [-0.2, -0.15) is 0 Å². The number of aromatic nitrogens is 2. The zero-order valence-electron chi connectivity index (χ0n) is 11.0. The molecular formula is C13H22N4. The summed E-state index contributed by atoms with van der Waals surface area (Å²) >= 11 is 0. The van der Waals surface area contributed by atoms with Crippen molar-refractivity contribution in [2.45, 2.75) is 45.8 Å². The van der Waals surface area contributed by atoms with E-state index in [9.17, 15) is 0 Å². The van der Waals surface area contributed by atoms with Crippen molar-refractivity contribution in [2.75, 3.05) is 13.1 Å². The molecule has 0 radical (unpaired) electrons. The lowest BCUT2D eigenvalue weighted by atomic mass is 10.2. The molecule has 1 aromatic heterocycles.